The first-order chi connectivity index (χ1) is 16.0. The van der Waals surface area contributed by atoms with Crippen LogP contribution in [0.25, 0.3) is 0 Å². The van der Waals surface area contributed by atoms with Gasteiger partial charge >= 0.3 is 5.97 Å². The van der Waals surface area contributed by atoms with Crippen molar-refractivity contribution in [3.8, 4) is 0 Å². The van der Waals surface area contributed by atoms with Gasteiger partial charge in [-0.25, -0.2) is 0 Å². The third-order valence-corrected chi connectivity index (χ3v) is 11.0. The van der Waals surface area contributed by atoms with Crippen LogP contribution in [0.2, 0.25) is 0 Å². The second-order valence-electron chi connectivity index (χ2n) is 13.5. The van der Waals surface area contributed by atoms with Crippen molar-refractivity contribution in [2.75, 3.05) is 0 Å². The first-order valence-electron chi connectivity index (χ1n) is 14.4. The third kappa shape index (κ3) is 4.92. The minimum absolute atomic E-state index is 0.0425. The molecule has 34 heavy (non-hydrogen) atoms. The molecular formula is C31H50O3. The Morgan fingerprint density at radius 2 is 1.79 bits per heavy atom. The number of Topliss-reactive ketones (excluding diaryl/α,β-unsaturated/α-hetero) is 1. The van der Waals surface area contributed by atoms with Crippen molar-refractivity contribution < 1.29 is 14.3 Å². The molecule has 4 rings (SSSR count). The Kier molecular flexibility index (Phi) is 7.71. The van der Waals surface area contributed by atoms with Gasteiger partial charge in [-0.1, -0.05) is 65.5 Å². The van der Waals surface area contributed by atoms with Crippen molar-refractivity contribution in [2.45, 2.75) is 125 Å². The molecule has 0 spiro atoms. The fourth-order valence-electron chi connectivity index (χ4n) is 9.18. The fourth-order valence-corrected chi connectivity index (χ4v) is 9.18. The molecule has 0 aromatic heterocycles. The molecule has 4 aliphatic rings. The maximum Gasteiger partial charge on any atom is 0.313 e. The van der Waals surface area contributed by atoms with Gasteiger partial charge in [-0.2, -0.15) is 0 Å². The zero-order chi connectivity index (χ0) is 24.7. The van der Waals surface area contributed by atoms with E-state index in [0.717, 1.165) is 54.8 Å². The fraction of sp³-hybridized carbons (Fsp3) is 0.871. The summed E-state index contributed by atoms with van der Waals surface area (Å²) in [5.41, 5.74) is 2.34. The van der Waals surface area contributed by atoms with Crippen LogP contribution in [0.3, 0.4) is 0 Å². The predicted molar refractivity (Wildman–Crippen MR) is 138 cm³/mol. The van der Waals surface area contributed by atoms with E-state index in [9.17, 15) is 9.59 Å². The number of fused-ring (bicyclic) bond motifs is 5. The summed E-state index contributed by atoms with van der Waals surface area (Å²) in [6.45, 7) is 13.9. The van der Waals surface area contributed by atoms with Crippen molar-refractivity contribution in [3.63, 3.8) is 0 Å². The average Bonchev–Trinajstić information content (AvgIpc) is 3.10. The largest absolute Gasteiger partial charge is 0.462 e. The van der Waals surface area contributed by atoms with Crippen LogP contribution in [0.5, 0.6) is 0 Å². The smallest absolute Gasteiger partial charge is 0.313 e. The van der Waals surface area contributed by atoms with Gasteiger partial charge in [0.2, 0.25) is 0 Å². The standard InChI is InChI=1S/C31H50O3/c1-20(2)8-7-9-21(3)26-12-13-27-25-11-10-23-19-24(34-29(33)18-22(4)32)14-16-30(23,5)28(25)15-17-31(26,27)6/h10,20-21,24-28H,7-9,11-19H2,1-6H3/t21-,24+,25-,26+,27-,28-,30+,31-/m1/s1. The van der Waals surface area contributed by atoms with Gasteiger partial charge in [0.15, 0.2) is 0 Å². The molecule has 0 unspecified atom stereocenters. The maximum absolute atomic E-state index is 12.1. The summed E-state index contributed by atoms with van der Waals surface area (Å²) < 4.78 is 5.70. The number of ether oxygens (including phenoxy) is 1. The van der Waals surface area contributed by atoms with E-state index in [1.807, 2.05) is 0 Å². The molecule has 8 atom stereocenters. The van der Waals surface area contributed by atoms with E-state index in [1.54, 1.807) is 5.57 Å². The predicted octanol–water partition coefficient (Wildman–Crippen LogP) is 7.92. The molecule has 0 heterocycles. The zero-order valence-electron chi connectivity index (χ0n) is 22.8. The average molecular weight is 471 g/mol. The number of hydrogen-bond donors (Lipinski definition) is 0. The molecule has 0 aromatic rings. The van der Waals surface area contributed by atoms with Crippen LogP contribution >= 0.6 is 0 Å². The number of carbonyl (C=O) groups is 2. The lowest BCUT2D eigenvalue weighted by Crippen LogP contribution is -2.51. The van der Waals surface area contributed by atoms with E-state index >= 15 is 0 Å². The summed E-state index contributed by atoms with van der Waals surface area (Å²) in [5, 5.41) is 0. The monoisotopic (exact) mass is 470 g/mol. The lowest BCUT2D eigenvalue weighted by Gasteiger charge is -2.58. The molecule has 4 aliphatic carbocycles. The molecule has 0 aromatic carbocycles. The van der Waals surface area contributed by atoms with Crippen molar-refractivity contribution in [1.82, 2.24) is 0 Å². The Bertz CT molecular complexity index is 796. The second-order valence-corrected chi connectivity index (χ2v) is 13.5. The number of carbonyl (C=O) groups excluding carboxylic acids is 2. The van der Waals surface area contributed by atoms with Crippen LogP contribution in [0.15, 0.2) is 11.6 Å². The van der Waals surface area contributed by atoms with Gasteiger partial charge in [0, 0.05) is 6.42 Å². The Morgan fingerprint density at radius 3 is 2.50 bits per heavy atom. The molecule has 0 amide bonds. The molecule has 0 N–H and O–H groups in total. The lowest BCUT2D eigenvalue weighted by atomic mass is 9.47. The number of esters is 1. The summed E-state index contributed by atoms with van der Waals surface area (Å²) in [6.07, 6.45) is 16.4. The molecule has 0 aliphatic heterocycles. The number of allylic oxidation sites excluding steroid dienone is 1. The Balaban J connectivity index is 1.43. The highest BCUT2D eigenvalue weighted by Crippen LogP contribution is 2.67. The van der Waals surface area contributed by atoms with Crippen molar-refractivity contribution in [1.29, 1.82) is 0 Å². The zero-order valence-corrected chi connectivity index (χ0v) is 22.8. The number of hydrogen-bond acceptors (Lipinski definition) is 3. The molecule has 0 radical (unpaired) electrons. The molecule has 0 saturated heterocycles. The minimum atomic E-state index is -0.344. The van der Waals surface area contributed by atoms with Gasteiger partial charge in [-0.05, 0) is 98.2 Å². The normalized spacial score (nSPS) is 40.1. The van der Waals surface area contributed by atoms with Crippen LogP contribution in [-0.2, 0) is 14.3 Å². The highest BCUT2D eigenvalue weighted by Gasteiger charge is 2.59. The van der Waals surface area contributed by atoms with E-state index in [1.165, 1.54) is 58.3 Å². The summed E-state index contributed by atoms with van der Waals surface area (Å²) in [7, 11) is 0. The topological polar surface area (TPSA) is 43.4 Å². The third-order valence-electron chi connectivity index (χ3n) is 11.0. The van der Waals surface area contributed by atoms with E-state index < -0.39 is 0 Å². The summed E-state index contributed by atoms with van der Waals surface area (Å²) >= 11 is 0. The minimum Gasteiger partial charge on any atom is -0.462 e. The lowest BCUT2D eigenvalue weighted by molar-refractivity contribution is -0.153. The molecule has 3 fully saturated rings. The van der Waals surface area contributed by atoms with Crippen LogP contribution in [0.4, 0.5) is 0 Å². The highest BCUT2D eigenvalue weighted by molar-refractivity contribution is 5.94. The highest BCUT2D eigenvalue weighted by atomic mass is 16.5. The quantitative estimate of drug-likeness (QED) is 0.205. The van der Waals surface area contributed by atoms with Crippen LogP contribution in [-0.4, -0.2) is 17.9 Å². The van der Waals surface area contributed by atoms with E-state index in [-0.39, 0.29) is 29.7 Å². The Hall–Kier alpha value is -1.12. The van der Waals surface area contributed by atoms with E-state index in [0.29, 0.717) is 5.41 Å². The summed E-state index contributed by atoms with van der Waals surface area (Å²) in [6, 6.07) is 0. The summed E-state index contributed by atoms with van der Waals surface area (Å²) in [5.74, 6) is 4.63. The molecule has 3 heteroatoms. The van der Waals surface area contributed by atoms with E-state index in [2.05, 4.69) is 40.7 Å². The molecular weight excluding hydrogens is 420 g/mol. The van der Waals surface area contributed by atoms with Crippen molar-refractivity contribution in [2.24, 2.45) is 46.3 Å². The maximum atomic E-state index is 12.1. The Labute approximate surface area is 208 Å². The SMILES string of the molecule is CC(=O)CC(=O)O[C@H]1CC[C@@]2(C)C(=CC[C@@H]3[C@H]4CC[C@@H]([C@H](C)CCCC(C)C)[C@@]4(C)CC[C@H]32)C1. The van der Waals surface area contributed by atoms with Crippen LogP contribution in [0, 0.1) is 46.3 Å². The van der Waals surface area contributed by atoms with Crippen LogP contribution in [0.1, 0.15) is 119 Å². The number of ketones is 1. The van der Waals surface area contributed by atoms with Gasteiger partial charge < -0.3 is 4.74 Å². The van der Waals surface area contributed by atoms with Crippen LogP contribution < -0.4 is 0 Å². The van der Waals surface area contributed by atoms with Crippen molar-refractivity contribution in [3.05, 3.63) is 11.6 Å². The second kappa shape index (κ2) is 10.1. The van der Waals surface area contributed by atoms with Gasteiger partial charge in [0.25, 0.3) is 0 Å². The van der Waals surface area contributed by atoms with Gasteiger partial charge in [-0.3, -0.25) is 9.59 Å². The number of rotatable bonds is 8. The molecule has 3 nitrogen and oxygen atoms in total. The first-order valence-corrected chi connectivity index (χ1v) is 14.4. The molecule has 0 bridgehead atoms. The van der Waals surface area contributed by atoms with Gasteiger partial charge in [-0.15, -0.1) is 0 Å². The van der Waals surface area contributed by atoms with E-state index in [4.69, 9.17) is 4.74 Å². The van der Waals surface area contributed by atoms with Crippen molar-refractivity contribution >= 4 is 11.8 Å². The molecule has 3 saturated carbocycles. The van der Waals surface area contributed by atoms with Gasteiger partial charge in [0.1, 0.15) is 18.3 Å². The summed E-state index contributed by atoms with van der Waals surface area (Å²) in [4.78, 5) is 23.4. The molecule has 192 valence electrons. The first kappa shape index (κ1) is 26.0. The van der Waals surface area contributed by atoms with Gasteiger partial charge in [0.05, 0.1) is 0 Å². The Morgan fingerprint density at radius 1 is 1.03 bits per heavy atom.